The highest BCUT2D eigenvalue weighted by Crippen LogP contribution is 2.30. The molecule has 0 saturated heterocycles. The Morgan fingerprint density at radius 2 is 2.24 bits per heavy atom. The van der Waals surface area contributed by atoms with E-state index in [0.717, 1.165) is 11.3 Å². The van der Waals surface area contributed by atoms with Gasteiger partial charge in [0, 0.05) is 0 Å². The Labute approximate surface area is 107 Å². The first-order valence-corrected chi connectivity index (χ1v) is 6.69. The summed E-state index contributed by atoms with van der Waals surface area (Å²) >= 11 is 2.29. The van der Waals surface area contributed by atoms with Crippen LogP contribution in [0.1, 0.15) is 29.2 Å². The van der Waals surface area contributed by atoms with E-state index in [1.165, 1.54) is 11.8 Å². The Morgan fingerprint density at radius 3 is 2.71 bits per heavy atom. The molecule has 1 aromatic rings. The number of thiazole rings is 1. The number of nitrogens with zero attached hydrogens (tertiary/aromatic N) is 1. The molecule has 0 aliphatic carbocycles. The summed E-state index contributed by atoms with van der Waals surface area (Å²) in [7, 11) is 0. The number of ether oxygens (including phenoxy) is 1. The van der Waals surface area contributed by atoms with Crippen molar-refractivity contribution in [3.05, 3.63) is 10.6 Å². The predicted octanol–water partition coefficient (Wildman–Crippen LogP) is 2.19. The lowest BCUT2D eigenvalue weighted by molar-refractivity contribution is -0.142. The summed E-state index contributed by atoms with van der Waals surface area (Å²) in [5.74, 6) is -1.31. The topological polar surface area (TPSA) is 76.5 Å². The molecule has 1 unspecified atom stereocenters. The van der Waals surface area contributed by atoms with Crippen LogP contribution in [0.3, 0.4) is 0 Å². The molecule has 0 saturated carbocycles. The average Bonchev–Trinajstić information content (AvgIpc) is 2.59. The first-order valence-electron chi connectivity index (χ1n) is 4.99. The van der Waals surface area contributed by atoms with Crippen LogP contribution in [0.25, 0.3) is 0 Å². The van der Waals surface area contributed by atoms with Gasteiger partial charge in [-0.2, -0.15) is 0 Å². The largest absolute Gasteiger partial charge is 0.477 e. The van der Waals surface area contributed by atoms with Crippen molar-refractivity contribution < 1.29 is 19.4 Å². The van der Waals surface area contributed by atoms with Crippen molar-refractivity contribution in [3.63, 3.8) is 0 Å². The Bertz CT molecular complexity index is 430. The van der Waals surface area contributed by atoms with Gasteiger partial charge in [-0.05, 0) is 20.8 Å². The molecule has 1 rings (SSSR count). The molecule has 0 amide bonds. The summed E-state index contributed by atoms with van der Waals surface area (Å²) in [6, 6.07) is 0. The standard InChI is InChI=1S/C10H13NO4S2/c1-4-15-9(14)6(3)16-10-11-5(2)7(17-10)8(12)13/h6H,4H2,1-3H3,(H,12,13). The van der Waals surface area contributed by atoms with Gasteiger partial charge in [0.1, 0.15) is 10.1 Å². The van der Waals surface area contributed by atoms with E-state index in [0.29, 0.717) is 16.6 Å². The number of aromatic carboxylic acids is 1. The van der Waals surface area contributed by atoms with Gasteiger partial charge >= 0.3 is 11.9 Å². The predicted molar refractivity (Wildman–Crippen MR) is 65.8 cm³/mol. The molecule has 0 aromatic carbocycles. The minimum atomic E-state index is -0.990. The molecular weight excluding hydrogens is 262 g/mol. The lowest BCUT2D eigenvalue weighted by Gasteiger charge is -2.07. The molecule has 1 aromatic heterocycles. The number of hydrogen-bond acceptors (Lipinski definition) is 6. The Hall–Kier alpha value is -1.08. The van der Waals surface area contributed by atoms with Crippen molar-refractivity contribution in [2.45, 2.75) is 30.4 Å². The van der Waals surface area contributed by atoms with E-state index in [-0.39, 0.29) is 16.1 Å². The number of carbonyl (C=O) groups excluding carboxylic acids is 1. The molecule has 0 spiro atoms. The van der Waals surface area contributed by atoms with E-state index in [4.69, 9.17) is 9.84 Å². The molecule has 0 fully saturated rings. The van der Waals surface area contributed by atoms with Crippen LogP contribution in [-0.4, -0.2) is 33.9 Å². The minimum absolute atomic E-state index is 0.212. The Kier molecular flexibility index (Phi) is 4.95. The van der Waals surface area contributed by atoms with Crippen LogP contribution in [0, 0.1) is 6.92 Å². The molecule has 0 aliphatic heterocycles. The monoisotopic (exact) mass is 275 g/mol. The molecule has 1 heterocycles. The quantitative estimate of drug-likeness (QED) is 0.655. The van der Waals surface area contributed by atoms with Gasteiger partial charge in [0.15, 0.2) is 4.34 Å². The van der Waals surface area contributed by atoms with Crippen LogP contribution in [0.15, 0.2) is 4.34 Å². The van der Waals surface area contributed by atoms with Gasteiger partial charge in [-0.3, -0.25) is 4.79 Å². The van der Waals surface area contributed by atoms with Crippen molar-refractivity contribution in [1.29, 1.82) is 0 Å². The second kappa shape index (κ2) is 6.02. The third kappa shape index (κ3) is 3.71. The summed E-state index contributed by atoms with van der Waals surface area (Å²) in [6.07, 6.45) is 0. The number of thioether (sulfide) groups is 1. The van der Waals surface area contributed by atoms with Gasteiger partial charge in [-0.15, -0.1) is 11.3 Å². The number of carboxylic acid groups (broad SMARTS) is 1. The molecule has 0 aliphatic rings. The molecule has 0 radical (unpaired) electrons. The number of aromatic nitrogens is 1. The van der Waals surface area contributed by atoms with Gasteiger partial charge < -0.3 is 9.84 Å². The van der Waals surface area contributed by atoms with Crippen molar-refractivity contribution in [3.8, 4) is 0 Å². The lowest BCUT2D eigenvalue weighted by atomic mass is 10.4. The number of aryl methyl sites for hydroxylation is 1. The first kappa shape index (κ1) is 14.0. The number of carboxylic acids is 1. The first-order chi connectivity index (χ1) is 7.95. The minimum Gasteiger partial charge on any atom is -0.477 e. The molecular formula is C10H13NO4S2. The molecule has 1 N–H and O–H groups in total. The molecule has 7 heteroatoms. The molecule has 5 nitrogen and oxygen atoms in total. The zero-order chi connectivity index (χ0) is 13.0. The zero-order valence-corrected chi connectivity index (χ0v) is 11.4. The van der Waals surface area contributed by atoms with Crippen LogP contribution >= 0.6 is 23.1 Å². The van der Waals surface area contributed by atoms with E-state index in [1.807, 2.05) is 0 Å². The molecule has 17 heavy (non-hydrogen) atoms. The van der Waals surface area contributed by atoms with E-state index >= 15 is 0 Å². The fourth-order valence-electron chi connectivity index (χ4n) is 1.08. The highest BCUT2D eigenvalue weighted by Gasteiger charge is 2.20. The SMILES string of the molecule is CCOC(=O)C(C)Sc1nc(C)c(C(=O)O)s1. The van der Waals surface area contributed by atoms with Gasteiger partial charge in [0.25, 0.3) is 0 Å². The fraction of sp³-hybridized carbons (Fsp3) is 0.500. The summed E-state index contributed by atoms with van der Waals surface area (Å²) in [4.78, 5) is 26.5. The maximum absolute atomic E-state index is 11.4. The normalized spacial score (nSPS) is 12.2. The van der Waals surface area contributed by atoms with Crippen LogP contribution < -0.4 is 0 Å². The Morgan fingerprint density at radius 1 is 1.59 bits per heavy atom. The van der Waals surface area contributed by atoms with E-state index in [1.54, 1.807) is 20.8 Å². The molecule has 0 bridgehead atoms. The smallest absolute Gasteiger partial charge is 0.347 e. The zero-order valence-electron chi connectivity index (χ0n) is 9.72. The highest BCUT2D eigenvalue weighted by atomic mass is 32.2. The van der Waals surface area contributed by atoms with Crippen LogP contribution in [0.5, 0.6) is 0 Å². The maximum Gasteiger partial charge on any atom is 0.347 e. The second-order valence-corrected chi connectivity index (χ2v) is 5.80. The third-order valence-electron chi connectivity index (χ3n) is 1.87. The van der Waals surface area contributed by atoms with Crippen molar-refractivity contribution in [2.75, 3.05) is 6.61 Å². The van der Waals surface area contributed by atoms with Gasteiger partial charge in [-0.25, -0.2) is 9.78 Å². The number of esters is 1. The van der Waals surface area contributed by atoms with Crippen molar-refractivity contribution in [1.82, 2.24) is 4.98 Å². The van der Waals surface area contributed by atoms with Crippen molar-refractivity contribution >= 4 is 35.0 Å². The van der Waals surface area contributed by atoms with E-state index in [2.05, 4.69) is 4.98 Å². The van der Waals surface area contributed by atoms with Gasteiger partial charge in [0.05, 0.1) is 12.3 Å². The van der Waals surface area contributed by atoms with E-state index in [9.17, 15) is 9.59 Å². The number of hydrogen-bond donors (Lipinski definition) is 1. The van der Waals surface area contributed by atoms with Gasteiger partial charge in [0.2, 0.25) is 0 Å². The second-order valence-electron chi connectivity index (χ2n) is 3.21. The summed E-state index contributed by atoms with van der Waals surface area (Å²) in [5, 5.41) is 8.49. The van der Waals surface area contributed by atoms with Crippen molar-refractivity contribution in [2.24, 2.45) is 0 Å². The Balaban J connectivity index is 2.72. The van der Waals surface area contributed by atoms with Crippen LogP contribution in [0.4, 0.5) is 0 Å². The fourth-order valence-corrected chi connectivity index (χ4v) is 3.25. The van der Waals surface area contributed by atoms with Crippen LogP contribution in [-0.2, 0) is 9.53 Å². The molecule has 94 valence electrons. The number of rotatable bonds is 5. The van der Waals surface area contributed by atoms with Crippen LogP contribution in [0.2, 0.25) is 0 Å². The summed E-state index contributed by atoms with van der Waals surface area (Å²) in [5.41, 5.74) is 0.473. The molecule has 1 atom stereocenters. The highest BCUT2D eigenvalue weighted by molar-refractivity contribution is 8.02. The summed E-state index contributed by atoms with van der Waals surface area (Å²) < 4.78 is 5.43. The van der Waals surface area contributed by atoms with Gasteiger partial charge in [-0.1, -0.05) is 11.8 Å². The third-order valence-corrected chi connectivity index (χ3v) is 4.18. The lowest BCUT2D eigenvalue weighted by Crippen LogP contribution is -2.16. The maximum atomic E-state index is 11.4. The average molecular weight is 275 g/mol. The van der Waals surface area contributed by atoms with E-state index < -0.39 is 5.97 Å². The number of carbonyl (C=O) groups is 2. The summed E-state index contributed by atoms with van der Waals surface area (Å²) in [6.45, 7) is 5.42.